The molecule has 2 aliphatic heterocycles. The van der Waals surface area contributed by atoms with E-state index in [0.717, 1.165) is 22.4 Å². The molecule has 5 atom stereocenters. The summed E-state index contributed by atoms with van der Waals surface area (Å²) in [5, 5.41) is 51.2. The summed E-state index contributed by atoms with van der Waals surface area (Å²) in [6, 6.07) is 9.83. The first-order valence-corrected chi connectivity index (χ1v) is 11.6. The van der Waals surface area contributed by atoms with Gasteiger partial charge in [-0.3, -0.25) is 0 Å². The number of halogens is 4. The first kappa shape index (κ1) is 29.0. The standard InChI is InChI=1S/C22H26ClNO6.C2HF3O2/c1-24-13-4-2-11(3-5-13)8-12-9-15(14-6-7-29-21(14)17(12)23)22-20(28)19(27)18(26)16(10-25)30-22;3-2(4,5)1(6)7/h2-5,9,16,18-20,22,24-28H,6-8,10H2,1H3;(H,6,7)/t16-,18-,19+,20-,22+;/m1./s1. The van der Waals surface area contributed by atoms with Crippen molar-refractivity contribution in [1.29, 1.82) is 0 Å². The van der Waals surface area contributed by atoms with Crippen LogP contribution in [0.15, 0.2) is 30.3 Å². The third-order valence-corrected chi connectivity index (χ3v) is 6.52. The van der Waals surface area contributed by atoms with Crippen LogP contribution in [0, 0.1) is 0 Å². The van der Waals surface area contributed by atoms with Gasteiger partial charge >= 0.3 is 12.1 Å². The predicted octanol–water partition coefficient (Wildman–Crippen LogP) is 2.06. The van der Waals surface area contributed by atoms with E-state index in [4.69, 9.17) is 31.0 Å². The van der Waals surface area contributed by atoms with E-state index in [-0.39, 0.29) is 0 Å². The van der Waals surface area contributed by atoms with Gasteiger partial charge in [0.25, 0.3) is 0 Å². The molecule has 2 aromatic rings. The van der Waals surface area contributed by atoms with Gasteiger partial charge in [0, 0.05) is 24.7 Å². The summed E-state index contributed by atoms with van der Waals surface area (Å²) in [7, 11) is 1.86. The van der Waals surface area contributed by atoms with E-state index in [1.807, 2.05) is 37.4 Å². The molecule has 37 heavy (non-hydrogen) atoms. The second-order valence-corrected chi connectivity index (χ2v) is 8.90. The molecule has 0 radical (unpaired) electrons. The summed E-state index contributed by atoms with van der Waals surface area (Å²) in [6.45, 7) is -0.0157. The highest BCUT2D eigenvalue weighted by Gasteiger charge is 2.45. The molecule has 9 nitrogen and oxygen atoms in total. The van der Waals surface area contributed by atoms with Gasteiger partial charge in [-0.25, -0.2) is 4.79 Å². The van der Waals surface area contributed by atoms with Gasteiger partial charge in [-0.2, -0.15) is 13.2 Å². The number of hydrogen-bond acceptors (Lipinski definition) is 8. The molecule has 1 fully saturated rings. The predicted molar refractivity (Wildman–Crippen MR) is 126 cm³/mol. The number of alkyl halides is 3. The number of nitrogens with one attached hydrogen (secondary N) is 1. The minimum atomic E-state index is -5.08. The van der Waals surface area contributed by atoms with Crippen molar-refractivity contribution in [2.75, 3.05) is 25.6 Å². The number of benzene rings is 2. The fraction of sp³-hybridized carbons (Fsp3) is 0.458. The molecule has 0 aliphatic carbocycles. The molecule has 0 aromatic heterocycles. The topological polar surface area (TPSA) is 149 Å². The molecule has 0 unspecified atom stereocenters. The Labute approximate surface area is 215 Å². The van der Waals surface area contributed by atoms with Crippen LogP contribution in [0.5, 0.6) is 5.75 Å². The zero-order valence-corrected chi connectivity index (χ0v) is 20.3. The smallest absolute Gasteiger partial charge is 0.490 e. The molecular weight excluding hydrogens is 523 g/mol. The Morgan fingerprint density at radius 1 is 1.14 bits per heavy atom. The Morgan fingerprint density at radius 2 is 1.76 bits per heavy atom. The molecule has 0 saturated carbocycles. The van der Waals surface area contributed by atoms with Gasteiger partial charge in [0.2, 0.25) is 0 Å². The van der Waals surface area contributed by atoms with Crippen molar-refractivity contribution in [1.82, 2.24) is 0 Å². The number of carbonyl (C=O) groups is 1. The molecule has 204 valence electrons. The summed E-state index contributed by atoms with van der Waals surface area (Å²) in [6.07, 6.45) is -10.0. The second kappa shape index (κ2) is 11.8. The fourth-order valence-electron chi connectivity index (χ4n) is 4.16. The summed E-state index contributed by atoms with van der Waals surface area (Å²) in [5.74, 6) is -2.19. The molecule has 2 aromatic carbocycles. The van der Waals surface area contributed by atoms with Crippen LogP contribution in [0.1, 0.15) is 28.4 Å². The van der Waals surface area contributed by atoms with Gasteiger partial charge in [0.15, 0.2) is 0 Å². The molecule has 0 spiro atoms. The van der Waals surface area contributed by atoms with E-state index < -0.39 is 49.3 Å². The minimum absolute atomic E-state index is 0.458. The zero-order chi connectivity index (χ0) is 27.5. The van der Waals surface area contributed by atoms with E-state index in [9.17, 15) is 33.6 Å². The molecule has 1 saturated heterocycles. The molecule has 2 aliphatic rings. The Morgan fingerprint density at radius 3 is 2.30 bits per heavy atom. The highest BCUT2D eigenvalue weighted by molar-refractivity contribution is 6.33. The van der Waals surface area contributed by atoms with Crippen molar-refractivity contribution in [3.63, 3.8) is 0 Å². The van der Waals surface area contributed by atoms with Crippen LogP contribution < -0.4 is 10.1 Å². The maximum absolute atomic E-state index is 10.6. The van der Waals surface area contributed by atoms with Crippen molar-refractivity contribution in [3.05, 3.63) is 57.6 Å². The minimum Gasteiger partial charge on any atom is -0.491 e. The third-order valence-electron chi connectivity index (χ3n) is 6.11. The molecule has 13 heteroatoms. The number of rotatable bonds is 5. The fourth-order valence-corrected chi connectivity index (χ4v) is 4.45. The van der Waals surface area contributed by atoms with Gasteiger partial charge in [-0.05, 0) is 35.2 Å². The van der Waals surface area contributed by atoms with Gasteiger partial charge in [0.05, 0.1) is 18.2 Å². The first-order valence-electron chi connectivity index (χ1n) is 11.2. The largest absolute Gasteiger partial charge is 0.491 e. The maximum atomic E-state index is 10.6. The second-order valence-electron chi connectivity index (χ2n) is 8.52. The zero-order valence-electron chi connectivity index (χ0n) is 19.6. The lowest BCUT2D eigenvalue weighted by atomic mass is 9.87. The van der Waals surface area contributed by atoms with Gasteiger partial charge in [-0.1, -0.05) is 29.8 Å². The summed E-state index contributed by atoms with van der Waals surface area (Å²) in [5.41, 5.74) is 4.34. The lowest BCUT2D eigenvalue weighted by Gasteiger charge is -2.40. The summed E-state index contributed by atoms with van der Waals surface area (Å²) < 4.78 is 43.3. The molecule has 2 heterocycles. The van der Waals surface area contributed by atoms with Crippen molar-refractivity contribution in [3.8, 4) is 5.75 Å². The maximum Gasteiger partial charge on any atom is 0.490 e. The van der Waals surface area contributed by atoms with Gasteiger partial charge < -0.3 is 40.3 Å². The van der Waals surface area contributed by atoms with Crippen LogP contribution in [-0.2, 0) is 22.4 Å². The van der Waals surface area contributed by atoms with Crippen LogP contribution in [0.4, 0.5) is 18.9 Å². The van der Waals surface area contributed by atoms with E-state index >= 15 is 0 Å². The van der Waals surface area contributed by atoms with Crippen molar-refractivity contribution in [2.45, 2.75) is 49.5 Å². The first-order chi connectivity index (χ1) is 17.4. The van der Waals surface area contributed by atoms with Crippen molar-refractivity contribution in [2.24, 2.45) is 0 Å². The summed E-state index contributed by atoms with van der Waals surface area (Å²) >= 11 is 6.65. The highest BCUT2D eigenvalue weighted by atomic mass is 35.5. The number of aliphatic hydroxyl groups is 4. The highest BCUT2D eigenvalue weighted by Crippen LogP contribution is 2.44. The Balaban J connectivity index is 0.000000479. The Bertz CT molecular complexity index is 1100. The Kier molecular flexibility index (Phi) is 9.27. The summed E-state index contributed by atoms with van der Waals surface area (Å²) in [4.78, 5) is 8.90. The third kappa shape index (κ3) is 6.46. The van der Waals surface area contributed by atoms with Crippen LogP contribution >= 0.6 is 11.6 Å². The van der Waals surface area contributed by atoms with Crippen LogP contribution in [0.3, 0.4) is 0 Å². The number of anilines is 1. The normalized spacial score (nSPS) is 24.9. The number of fused-ring (bicyclic) bond motifs is 1. The average molecular weight is 550 g/mol. The number of ether oxygens (including phenoxy) is 2. The monoisotopic (exact) mass is 549 g/mol. The number of aliphatic hydroxyl groups excluding tert-OH is 4. The van der Waals surface area contributed by atoms with E-state index in [2.05, 4.69) is 5.32 Å². The van der Waals surface area contributed by atoms with E-state index in [1.165, 1.54) is 0 Å². The van der Waals surface area contributed by atoms with Gasteiger partial charge in [0.1, 0.15) is 36.3 Å². The SMILES string of the molecule is CNc1ccc(Cc2cc([C@@H]3O[C@H](CO)[C@@H](O)[C@H](O)[C@H]3O)c3c(c2Cl)OCC3)cc1.O=C(O)C(F)(F)F. The molecule has 6 N–H and O–H groups in total. The van der Waals surface area contributed by atoms with E-state index in [1.54, 1.807) is 0 Å². The average Bonchev–Trinajstić information content (AvgIpc) is 3.36. The van der Waals surface area contributed by atoms with Crippen LogP contribution in [0.25, 0.3) is 0 Å². The number of carboxylic acids is 1. The van der Waals surface area contributed by atoms with Gasteiger partial charge in [-0.15, -0.1) is 0 Å². The lowest BCUT2D eigenvalue weighted by molar-refractivity contribution is -0.231. The lowest BCUT2D eigenvalue weighted by Crippen LogP contribution is -2.55. The number of aliphatic carboxylic acids is 1. The molecule has 0 amide bonds. The van der Waals surface area contributed by atoms with Crippen molar-refractivity contribution >= 4 is 23.3 Å². The molecule has 4 rings (SSSR count). The van der Waals surface area contributed by atoms with Crippen molar-refractivity contribution < 1.29 is 53.0 Å². The Hall–Kier alpha value is -2.61. The number of carboxylic acid groups (broad SMARTS) is 1. The quantitative estimate of drug-likeness (QED) is 0.329. The van der Waals surface area contributed by atoms with Crippen LogP contribution in [0.2, 0.25) is 5.02 Å². The number of hydrogen-bond donors (Lipinski definition) is 6. The van der Waals surface area contributed by atoms with Crippen LogP contribution in [-0.4, -0.2) is 82.4 Å². The molecular formula is C24H27ClF3NO8. The van der Waals surface area contributed by atoms with E-state index in [0.29, 0.717) is 35.8 Å². The molecule has 0 bridgehead atoms.